The summed E-state index contributed by atoms with van der Waals surface area (Å²) in [5.41, 5.74) is -1.27. The molecule has 0 radical (unpaired) electrons. The second-order valence-corrected chi connectivity index (χ2v) is 8.36. The number of hydrogen-bond donors (Lipinski definition) is 2. The highest BCUT2D eigenvalue weighted by Gasteiger charge is 2.36. The van der Waals surface area contributed by atoms with Crippen molar-refractivity contribution in [3.05, 3.63) is 0 Å². The summed E-state index contributed by atoms with van der Waals surface area (Å²) in [6.07, 6.45) is -0.758. The van der Waals surface area contributed by atoms with Gasteiger partial charge in [0.2, 0.25) is 12.7 Å². The van der Waals surface area contributed by atoms with E-state index in [1.807, 2.05) is 0 Å². The molecular formula is C16H29NO9S. The van der Waals surface area contributed by atoms with Crippen molar-refractivity contribution < 1.29 is 41.6 Å². The molecule has 10 nitrogen and oxygen atoms in total. The minimum atomic E-state index is -3.89. The number of hydrogen-bond acceptors (Lipinski definition) is 9. The van der Waals surface area contributed by atoms with Crippen molar-refractivity contribution in [1.82, 2.24) is 5.32 Å². The monoisotopic (exact) mass is 411 g/mol. The average Bonchev–Trinajstić information content (AvgIpc) is 2.56. The van der Waals surface area contributed by atoms with Gasteiger partial charge in [-0.3, -0.25) is 13.8 Å². The molecule has 0 aromatic carbocycles. The van der Waals surface area contributed by atoms with E-state index in [4.69, 9.17) is 4.18 Å². The van der Waals surface area contributed by atoms with Crippen LogP contribution in [0.5, 0.6) is 0 Å². The van der Waals surface area contributed by atoms with Crippen molar-refractivity contribution in [2.45, 2.75) is 53.1 Å². The van der Waals surface area contributed by atoms with Crippen LogP contribution in [0.4, 0.5) is 0 Å². The molecule has 0 aliphatic heterocycles. The highest BCUT2D eigenvalue weighted by atomic mass is 32.2. The first-order valence-corrected chi connectivity index (χ1v) is 10.1. The van der Waals surface area contributed by atoms with E-state index in [1.165, 1.54) is 20.8 Å². The minimum absolute atomic E-state index is 0.163. The number of aliphatic hydroxyl groups is 1. The van der Waals surface area contributed by atoms with E-state index in [0.29, 0.717) is 6.42 Å². The van der Waals surface area contributed by atoms with Gasteiger partial charge >= 0.3 is 11.9 Å². The molecular weight excluding hydrogens is 382 g/mol. The van der Waals surface area contributed by atoms with E-state index in [9.17, 15) is 27.9 Å². The van der Waals surface area contributed by atoms with Crippen LogP contribution in [0.2, 0.25) is 0 Å². The Bertz CT molecular complexity index is 601. The molecule has 0 aliphatic rings. The second-order valence-electron chi connectivity index (χ2n) is 6.60. The van der Waals surface area contributed by atoms with Gasteiger partial charge in [-0.25, -0.2) is 4.79 Å². The fraction of sp³-hybridized carbons (Fsp3) is 0.812. The molecule has 1 atom stereocenters. The van der Waals surface area contributed by atoms with E-state index in [0.717, 1.165) is 0 Å². The van der Waals surface area contributed by atoms with Crippen LogP contribution in [0, 0.1) is 5.41 Å². The lowest BCUT2D eigenvalue weighted by molar-refractivity contribution is -0.178. The predicted octanol–water partition coefficient (Wildman–Crippen LogP) is 0.0901. The third-order valence-corrected chi connectivity index (χ3v) is 4.66. The van der Waals surface area contributed by atoms with Crippen LogP contribution in [0.15, 0.2) is 0 Å². The summed E-state index contributed by atoms with van der Waals surface area (Å²) < 4.78 is 37.8. The van der Waals surface area contributed by atoms with Crippen LogP contribution in [-0.4, -0.2) is 63.2 Å². The van der Waals surface area contributed by atoms with Crippen molar-refractivity contribution in [2.75, 3.05) is 25.7 Å². The van der Waals surface area contributed by atoms with E-state index in [2.05, 4.69) is 14.8 Å². The fourth-order valence-corrected chi connectivity index (χ4v) is 2.82. The molecule has 0 heterocycles. The quantitative estimate of drug-likeness (QED) is 0.186. The molecule has 0 spiro atoms. The number of ether oxygens (including phenoxy) is 2. The molecule has 0 fully saturated rings. The number of rotatable bonds is 13. The van der Waals surface area contributed by atoms with E-state index >= 15 is 0 Å². The maximum atomic E-state index is 11.8. The Balaban J connectivity index is 4.39. The maximum absolute atomic E-state index is 11.8. The molecule has 0 aromatic heterocycles. The number of esters is 2. The first-order valence-electron chi connectivity index (χ1n) is 8.53. The third kappa shape index (κ3) is 11.6. The van der Waals surface area contributed by atoms with Gasteiger partial charge in [-0.2, -0.15) is 8.42 Å². The third-order valence-electron chi connectivity index (χ3n) is 3.39. The zero-order valence-electron chi connectivity index (χ0n) is 16.1. The zero-order valence-corrected chi connectivity index (χ0v) is 17.0. The van der Waals surface area contributed by atoms with E-state index < -0.39 is 47.0 Å². The van der Waals surface area contributed by atoms with Gasteiger partial charge < -0.3 is 19.9 Å². The topological polar surface area (TPSA) is 145 Å². The Morgan fingerprint density at radius 2 is 1.81 bits per heavy atom. The van der Waals surface area contributed by atoms with Crippen LogP contribution in [0.25, 0.3) is 0 Å². The molecule has 2 N–H and O–H groups in total. The van der Waals surface area contributed by atoms with Gasteiger partial charge in [0.15, 0.2) is 6.10 Å². The normalized spacial score (nSPS) is 12.9. The Morgan fingerprint density at radius 1 is 1.19 bits per heavy atom. The Morgan fingerprint density at radius 3 is 2.37 bits per heavy atom. The molecule has 11 heteroatoms. The Labute approximate surface area is 159 Å². The summed E-state index contributed by atoms with van der Waals surface area (Å²) in [6, 6.07) is 0. The summed E-state index contributed by atoms with van der Waals surface area (Å²) in [5, 5.41) is 12.5. The summed E-state index contributed by atoms with van der Waals surface area (Å²) in [7, 11) is -3.89. The number of aliphatic hydroxyl groups excluding tert-OH is 1. The van der Waals surface area contributed by atoms with Gasteiger partial charge in [-0.1, -0.05) is 20.8 Å². The standard InChI is InChI=1S/C16H29NO9S/c1-5-7-13(19)24-11-25-15(21)14(20)16(3,4)10-26-27(22,23)9-6-8-17-12(2)18/h14,20H,5-11H2,1-4H3,(H,17,18)/t14-/m0/s1. The van der Waals surface area contributed by atoms with Gasteiger partial charge in [0.25, 0.3) is 10.1 Å². The molecule has 0 saturated heterocycles. The van der Waals surface area contributed by atoms with Gasteiger partial charge in [-0.05, 0) is 12.8 Å². The summed E-state index contributed by atoms with van der Waals surface area (Å²) in [4.78, 5) is 33.7. The molecule has 158 valence electrons. The van der Waals surface area contributed by atoms with Crippen LogP contribution in [-0.2, 0) is 38.2 Å². The van der Waals surface area contributed by atoms with Gasteiger partial charge in [0, 0.05) is 25.3 Å². The first kappa shape index (κ1) is 25.3. The maximum Gasteiger partial charge on any atom is 0.338 e. The molecule has 0 aromatic rings. The zero-order chi connectivity index (χ0) is 21.1. The highest BCUT2D eigenvalue weighted by molar-refractivity contribution is 7.86. The SMILES string of the molecule is CCCC(=O)OCOC(=O)[C@H](O)C(C)(C)COS(=O)(=O)CCCNC(C)=O. The number of carbonyl (C=O) groups excluding carboxylic acids is 3. The lowest BCUT2D eigenvalue weighted by Crippen LogP contribution is -2.42. The van der Waals surface area contributed by atoms with Gasteiger partial charge in [0.1, 0.15) is 0 Å². The molecule has 0 unspecified atom stereocenters. The van der Waals surface area contributed by atoms with Crippen molar-refractivity contribution in [2.24, 2.45) is 5.41 Å². The molecule has 0 bridgehead atoms. The number of amides is 1. The first-order chi connectivity index (χ1) is 12.4. The van der Waals surface area contributed by atoms with Crippen LogP contribution < -0.4 is 5.32 Å². The smallest absolute Gasteiger partial charge is 0.338 e. The van der Waals surface area contributed by atoms with Crippen molar-refractivity contribution >= 4 is 28.0 Å². The predicted molar refractivity (Wildman–Crippen MR) is 94.8 cm³/mol. The van der Waals surface area contributed by atoms with Gasteiger partial charge in [0.05, 0.1) is 12.4 Å². The number of carbonyl (C=O) groups is 3. The second kappa shape index (κ2) is 11.9. The molecule has 0 saturated carbocycles. The van der Waals surface area contributed by atoms with E-state index in [1.54, 1.807) is 6.92 Å². The molecule has 0 aliphatic carbocycles. The Kier molecular flexibility index (Phi) is 11.1. The van der Waals surface area contributed by atoms with Crippen LogP contribution in [0.1, 0.15) is 47.0 Å². The number of nitrogens with one attached hydrogen (secondary N) is 1. The van der Waals surface area contributed by atoms with Crippen LogP contribution >= 0.6 is 0 Å². The van der Waals surface area contributed by atoms with Crippen molar-refractivity contribution in [3.63, 3.8) is 0 Å². The van der Waals surface area contributed by atoms with Crippen molar-refractivity contribution in [3.8, 4) is 0 Å². The summed E-state index contributed by atoms with van der Waals surface area (Å²) in [5.74, 6) is -2.18. The van der Waals surface area contributed by atoms with E-state index in [-0.39, 0.29) is 31.0 Å². The van der Waals surface area contributed by atoms with Gasteiger partial charge in [-0.15, -0.1) is 0 Å². The lowest BCUT2D eigenvalue weighted by Gasteiger charge is -2.28. The fourth-order valence-electron chi connectivity index (χ4n) is 1.72. The lowest BCUT2D eigenvalue weighted by atomic mass is 9.88. The average molecular weight is 411 g/mol. The minimum Gasteiger partial charge on any atom is -0.428 e. The summed E-state index contributed by atoms with van der Waals surface area (Å²) >= 11 is 0. The largest absolute Gasteiger partial charge is 0.428 e. The Hall–Kier alpha value is -1.72. The molecule has 0 rings (SSSR count). The molecule has 1 amide bonds. The molecule has 27 heavy (non-hydrogen) atoms. The highest BCUT2D eigenvalue weighted by Crippen LogP contribution is 2.23. The summed E-state index contributed by atoms with van der Waals surface area (Å²) in [6.45, 7) is 5.05. The van der Waals surface area contributed by atoms with Crippen LogP contribution in [0.3, 0.4) is 0 Å². The van der Waals surface area contributed by atoms with Crippen molar-refractivity contribution in [1.29, 1.82) is 0 Å².